The number of rotatable bonds is 2. The van der Waals surface area contributed by atoms with Crippen molar-refractivity contribution in [1.82, 2.24) is 4.98 Å². The molecule has 4 heteroatoms. The van der Waals surface area contributed by atoms with Crippen molar-refractivity contribution in [3.8, 4) is 0 Å². The second kappa shape index (κ2) is 5.43. The van der Waals surface area contributed by atoms with Gasteiger partial charge < -0.3 is 15.5 Å². The number of benzene rings is 1. The lowest BCUT2D eigenvalue weighted by atomic mass is 9.82. The molecule has 112 valence electrons. The molecule has 0 saturated heterocycles. The minimum Gasteiger partial charge on any atom is -0.459 e. The molecule has 2 unspecified atom stereocenters. The average Bonchev–Trinajstić information content (AvgIpc) is 2.80. The Labute approximate surface area is 124 Å². The number of esters is 1. The number of H-pyrrole nitrogens is 1. The molecule has 1 aliphatic carbocycles. The van der Waals surface area contributed by atoms with Crippen LogP contribution in [0.1, 0.15) is 43.5 Å². The molecule has 3 rings (SSSR count). The van der Waals surface area contributed by atoms with Gasteiger partial charge in [0.05, 0.1) is 5.56 Å². The molecule has 0 aliphatic heterocycles. The molecule has 4 nitrogen and oxygen atoms in total. The average molecular weight is 286 g/mol. The van der Waals surface area contributed by atoms with E-state index < -0.39 is 0 Å². The van der Waals surface area contributed by atoms with E-state index >= 15 is 0 Å². The first-order valence-electron chi connectivity index (χ1n) is 7.60. The van der Waals surface area contributed by atoms with Crippen LogP contribution in [0.4, 0.5) is 5.69 Å². The van der Waals surface area contributed by atoms with Crippen LogP contribution in [0.5, 0.6) is 0 Å². The van der Waals surface area contributed by atoms with E-state index in [0.29, 0.717) is 23.1 Å². The van der Waals surface area contributed by atoms with Crippen LogP contribution in [0, 0.1) is 11.8 Å². The molecule has 1 aromatic heterocycles. The van der Waals surface area contributed by atoms with Crippen molar-refractivity contribution in [1.29, 1.82) is 0 Å². The summed E-state index contributed by atoms with van der Waals surface area (Å²) < 4.78 is 5.72. The Morgan fingerprint density at radius 2 is 1.95 bits per heavy atom. The summed E-state index contributed by atoms with van der Waals surface area (Å²) in [7, 11) is 0. The third kappa shape index (κ3) is 2.89. The zero-order chi connectivity index (χ0) is 15.0. The minimum absolute atomic E-state index is 0.0370. The number of anilines is 1. The lowest BCUT2D eigenvalue weighted by molar-refractivity contribution is 0.00827. The van der Waals surface area contributed by atoms with E-state index in [2.05, 4.69) is 18.8 Å². The van der Waals surface area contributed by atoms with Gasteiger partial charge in [0.1, 0.15) is 6.10 Å². The van der Waals surface area contributed by atoms with Crippen LogP contribution in [0.15, 0.2) is 24.4 Å². The van der Waals surface area contributed by atoms with E-state index in [1.54, 1.807) is 12.3 Å². The van der Waals surface area contributed by atoms with Crippen LogP contribution >= 0.6 is 0 Å². The SMILES string of the molecule is CC1CC(C)CC(OC(=O)c2c[nH]c3cc(N)ccc23)C1. The van der Waals surface area contributed by atoms with E-state index in [9.17, 15) is 4.79 Å². The molecule has 1 aromatic carbocycles. The molecule has 0 bridgehead atoms. The maximum Gasteiger partial charge on any atom is 0.340 e. The summed E-state index contributed by atoms with van der Waals surface area (Å²) >= 11 is 0. The second-order valence-electron chi connectivity index (χ2n) is 6.45. The summed E-state index contributed by atoms with van der Waals surface area (Å²) in [5.74, 6) is 1.00. The predicted molar refractivity (Wildman–Crippen MR) is 84.1 cm³/mol. The van der Waals surface area contributed by atoms with Crippen molar-refractivity contribution in [2.45, 2.75) is 39.2 Å². The van der Waals surface area contributed by atoms with Crippen LogP contribution in [0.3, 0.4) is 0 Å². The number of ether oxygens (including phenoxy) is 1. The van der Waals surface area contributed by atoms with E-state index in [1.165, 1.54) is 6.42 Å². The zero-order valence-corrected chi connectivity index (χ0v) is 12.6. The van der Waals surface area contributed by atoms with Gasteiger partial charge in [-0.2, -0.15) is 0 Å². The monoisotopic (exact) mass is 286 g/mol. The third-order valence-electron chi connectivity index (χ3n) is 4.33. The Kier molecular flexibility index (Phi) is 3.62. The fourth-order valence-electron chi connectivity index (χ4n) is 3.50. The summed E-state index contributed by atoms with van der Waals surface area (Å²) in [6.07, 6.45) is 4.90. The Balaban J connectivity index is 1.78. The first-order valence-corrected chi connectivity index (χ1v) is 7.60. The highest BCUT2D eigenvalue weighted by Crippen LogP contribution is 2.31. The van der Waals surface area contributed by atoms with Gasteiger partial charge in [0.2, 0.25) is 0 Å². The first kappa shape index (κ1) is 14.0. The van der Waals surface area contributed by atoms with E-state index in [1.807, 2.05) is 12.1 Å². The predicted octanol–water partition coefficient (Wildman–Crippen LogP) is 3.73. The van der Waals surface area contributed by atoms with Crippen LogP contribution in [0.2, 0.25) is 0 Å². The molecular weight excluding hydrogens is 264 g/mol. The van der Waals surface area contributed by atoms with Crippen LogP contribution in [0.25, 0.3) is 10.9 Å². The molecule has 1 heterocycles. The van der Waals surface area contributed by atoms with Gasteiger partial charge in [-0.1, -0.05) is 13.8 Å². The number of carbonyl (C=O) groups excluding carboxylic acids is 1. The number of nitrogen functional groups attached to an aromatic ring is 1. The third-order valence-corrected chi connectivity index (χ3v) is 4.33. The summed E-state index contributed by atoms with van der Waals surface area (Å²) in [6, 6.07) is 5.50. The molecule has 0 radical (unpaired) electrons. The van der Waals surface area contributed by atoms with E-state index in [-0.39, 0.29) is 12.1 Å². The minimum atomic E-state index is -0.239. The Morgan fingerprint density at radius 3 is 2.67 bits per heavy atom. The summed E-state index contributed by atoms with van der Waals surface area (Å²) in [6.45, 7) is 4.45. The van der Waals surface area contributed by atoms with Gasteiger partial charge in [-0.05, 0) is 49.3 Å². The Hall–Kier alpha value is -1.97. The number of hydrogen-bond donors (Lipinski definition) is 2. The Morgan fingerprint density at radius 1 is 1.24 bits per heavy atom. The summed E-state index contributed by atoms with van der Waals surface area (Å²) in [4.78, 5) is 15.5. The molecule has 1 saturated carbocycles. The lowest BCUT2D eigenvalue weighted by Gasteiger charge is -2.30. The van der Waals surface area contributed by atoms with Crippen LogP contribution in [-0.2, 0) is 4.74 Å². The van der Waals surface area contributed by atoms with Crippen molar-refractivity contribution < 1.29 is 9.53 Å². The van der Waals surface area contributed by atoms with Crippen LogP contribution < -0.4 is 5.73 Å². The molecule has 0 spiro atoms. The largest absolute Gasteiger partial charge is 0.459 e. The highest BCUT2D eigenvalue weighted by atomic mass is 16.5. The van der Waals surface area contributed by atoms with Gasteiger partial charge in [-0.3, -0.25) is 0 Å². The molecule has 3 N–H and O–H groups in total. The van der Waals surface area contributed by atoms with Gasteiger partial charge in [0.25, 0.3) is 0 Å². The van der Waals surface area contributed by atoms with E-state index in [0.717, 1.165) is 23.7 Å². The van der Waals surface area contributed by atoms with Crippen molar-refractivity contribution in [3.05, 3.63) is 30.0 Å². The second-order valence-corrected chi connectivity index (χ2v) is 6.45. The van der Waals surface area contributed by atoms with Crippen LogP contribution in [-0.4, -0.2) is 17.1 Å². The van der Waals surface area contributed by atoms with Gasteiger partial charge >= 0.3 is 5.97 Å². The number of fused-ring (bicyclic) bond motifs is 1. The molecule has 2 atom stereocenters. The first-order chi connectivity index (χ1) is 10.0. The quantitative estimate of drug-likeness (QED) is 0.653. The van der Waals surface area contributed by atoms with Gasteiger partial charge in [-0.25, -0.2) is 4.79 Å². The van der Waals surface area contributed by atoms with Crippen molar-refractivity contribution in [3.63, 3.8) is 0 Å². The molecule has 21 heavy (non-hydrogen) atoms. The summed E-state index contributed by atoms with van der Waals surface area (Å²) in [5, 5.41) is 0.867. The van der Waals surface area contributed by atoms with Crippen molar-refractivity contribution >= 4 is 22.6 Å². The maximum atomic E-state index is 12.4. The fourth-order valence-corrected chi connectivity index (χ4v) is 3.50. The van der Waals surface area contributed by atoms with Crippen molar-refractivity contribution in [2.75, 3.05) is 5.73 Å². The fraction of sp³-hybridized carbons (Fsp3) is 0.471. The smallest absolute Gasteiger partial charge is 0.340 e. The Bertz CT molecular complexity index is 652. The number of nitrogens with two attached hydrogens (primary N) is 1. The van der Waals surface area contributed by atoms with Gasteiger partial charge in [-0.15, -0.1) is 0 Å². The maximum absolute atomic E-state index is 12.4. The normalized spacial score (nSPS) is 25.9. The zero-order valence-electron chi connectivity index (χ0n) is 12.6. The standard InChI is InChI=1S/C17H22N2O2/c1-10-5-11(2)7-13(6-10)21-17(20)15-9-19-16-8-12(18)3-4-14(15)16/h3-4,8-11,13,19H,5-7,18H2,1-2H3. The number of hydrogen-bond acceptors (Lipinski definition) is 3. The summed E-state index contributed by atoms with van der Waals surface area (Å²) in [5.41, 5.74) is 7.89. The van der Waals surface area contributed by atoms with Gasteiger partial charge in [0, 0.05) is 22.8 Å². The molecular formula is C17H22N2O2. The number of aromatic amines is 1. The lowest BCUT2D eigenvalue weighted by Crippen LogP contribution is -2.28. The van der Waals surface area contributed by atoms with Gasteiger partial charge in [0.15, 0.2) is 0 Å². The molecule has 0 amide bonds. The number of aromatic nitrogens is 1. The topological polar surface area (TPSA) is 68.1 Å². The molecule has 1 aliphatic rings. The number of nitrogens with one attached hydrogen (secondary N) is 1. The molecule has 1 fully saturated rings. The van der Waals surface area contributed by atoms with Crippen molar-refractivity contribution in [2.24, 2.45) is 11.8 Å². The van der Waals surface area contributed by atoms with E-state index in [4.69, 9.17) is 10.5 Å². The highest BCUT2D eigenvalue weighted by Gasteiger charge is 2.27. The number of carbonyl (C=O) groups is 1. The highest BCUT2D eigenvalue weighted by molar-refractivity contribution is 6.04. The molecule has 2 aromatic rings.